The Morgan fingerprint density at radius 1 is 0.286 bits per heavy atom. The predicted octanol–water partition coefficient (Wildman–Crippen LogP) is 14.9. The van der Waals surface area contributed by atoms with Gasteiger partial charge in [0.15, 0.2) is 5.82 Å². The van der Waals surface area contributed by atoms with Crippen LogP contribution in [0.5, 0.6) is 0 Å². The molecule has 0 fully saturated rings. The molecule has 0 radical (unpaired) electrons. The molecule has 63 heavy (non-hydrogen) atoms. The number of aromatic nitrogens is 3. The van der Waals surface area contributed by atoms with Gasteiger partial charge in [-0.15, -0.1) is 0 Å². The van der Waals surface area contributed by atoms with Gasteiger partial charge < -0.3 is 0 Å². The van der Waals surface area contributed by atoms with Crippen molar-refractivity contribution in [3.05, 3.63) is 259 Å². The summed E-state index contributed by atoms with van der Waals surface area (Å²) in [6.07, 6.45) is 0. The smallest absolute Gasteiger partial charge is 0.160 e. The second-order valence-electron chi connectivity index (χ2n) is 16.3. The monoisotopic (exact) mass is 801 g/mol. The van der Waals surface area contributed by atoms with Gasteiger partial charge in [0.1, 0.15) is 0 Å². The third kappa shape index (κ3) is 6.08. The van der Waals surface area contributed by atoms with Crippen molar-refractivity contribution in [2.75, 3.05) is 0 Å². The van der Waals surface area contributed by atoms with Crippen LogP contribution in [0.1, 0.15) is 22.3 Å². The molecule has 0 aliphatic heterocycles. The van der Waals surface area contributed by atoms with Crippen LogP contribution in [0.4, 0.5) is 0 Å². The highest BCUT2D eigenvalue weighted by Crippen LogP contribution is 2.57. The molecule has 2 aromatic heterocycles. The molecule has 1 aliphatic carbocycles. The largest absolute Gasteiger partial charge is 0.247 e. The summed E-state index contributed by atoms with van der Waals surface area (Å²) in [7, 11) is 0. The number of pyridine rings is 1. The van der Waals surface area contributed by atoms with Crippen LogP contribution in [0.15, 0.2) is 237 Å². The SMILES string of the molecule is c1ccc(-c2ccc(-c3cc(-c4ccccc4)nc(-c4ccc(-c5nc6ccccc6c6cc7c(cc56)C(c5ccccc5)(c5ccccc5)c5ccccc5-7)cc4)n3)cc2)cc1. The van der Waals surface area contributed by atoms with Gasteiger partial charge in [-0.3, -0.25) is 0 Å². The lowest BCUT2D eigenvalue weighted by Gasteiger charge is -2.34. The normalized spacial score (nSPS) is 12.6. The highest BCUT2D eigenvalue weighted by molar-refractivity contribution is 6.13. The zero-order valence-electron chi connectivity index (χ0n) is 34.4. The van der Waals surface area contributed by atoms with Gasteiger partial charge in [0.05, 0.1) is 28.0 Å². The molecule has 0 saturated heterocycles. The Labute approximate surface area is 366 Å². The summed E-state index contributed by atoms with van der Waals surface area (Å²) in [6.45, 7) is 0. The topological polar surface area (TPSA) is 38.7 Å². The molecular formula is C60H39N3. The standard InChI is InChI=1S/C60H39N3/c1-5-17-40(18-6-1)41-29-31-43(32-30-41)57-39-56(42-19-7-2-8-20-42)62-59(63-57)45-35-33-44(34-36-45)58-52-38-54-51(37-50(52)49-26-14-16-28-55(49)61-58)48-25-13-15-27-53(48)60(54,46-21-9-3-10-22-46)47-23-11-4-12-24-47/h1-39H. The van der Waals surface area contributed by atoms with Crippen molar-refractivity contribution in [3.63, 3.8) is 0 Å². The molecule has 11 aromatic rings. The maximum absolute atomic E-state index is 5.45. The number of rotatable bonds is 7. The van der Waals surface area contributed by atoms with Crippen molar-refractivity contribution in [1.82, 2.24) is 15.0 Å². The van der Waals surface area contributed by atoms with E-state index in [1.54, 1.807) is 0 Å². The first-order valence-corrected chi connectivity index (χ1v) is 21.5. The summed E-state index contributed by atoms with van der Waals surface area (Å²) in [6, 6.07) is 84.5. The van der Waals surface area contributed by atoms with E-state index in [0.29, 0.717) is 5.82 Å². The third-order valence-electron chi connectivity index (χ3n) is 12.8. The molecule has 3 nitrogen and oxygen atoms in total. The minimum atomic E-state index is -0.518. The predicted molar refractivity (Wildman–Crippen MR) is 259 cm³/mol. The number of fused-ring (bicyclic) bond motifs is 6. The maximum Gasteiger partial charge on any atom is 0.160 e. The van der Waals surface area contributed by atoms with E-state index in [1.807, 2.05) is 12.1 Å². The van der Waals surface area contributed by atoms with Gasteiger partial charge >= 0.3 is 0 Å². The number of nitrogens with zero attached hydrogens (tertiary/aromatic N) is 3. The molecule has 0 atom stereocenters. The summed E-state index contributed by atoms with van der Waals surface area (Å²) in [5.74, 6) is 0.674. The molecule has 0 saturated carbocycles. The molecule has 2 heterocycles. The van der Waals surface area contributed by atoms with E-state index in [-0.39, 0.29) is 0 Å². The second kappa shape index (κ2) is 15.0. The average Bonchev–Trinajstić information content (AvgIpc) is 3.66. The summed E-state index contributed by atoms with van der Waals surface area (Å²) in [4.78, 5) is 15.8. The van der Waals surface area contributed by atoms with Gasteiger partial charge in [-0.1, -0.05) is 212 Å². The van der Waals surface area contributed by atoms with E-state index in [9.17, 15) is 0 Å². The Balaban J connectivity index is 1.03. The van der Waals surface area contributed by atoms with Crippen molar-refractivity contribution >= 4 is 21.7 Å². The van der Waals surface area contributed by atoms with Gasteiger partial charge in [0.25, 0.3) is 0 Å². The first-order chi connectivity index (χ1) is 31.2. The van der Waals surface area contributed by atoms with Crippen molar-refractivity contribution in [1.29, 1.82) is 0 Å². The van der Waals surface area contributed by atoms with Crippen LogP contribution < -0.4 is 0 Å². The van der Waals surface area contributed by atoms with Crippen molar-refractivity contribution in [2.45, 2.75) is 5.41 Å². The molecule has 0 unspecified atom stereocenters. The average molecular weight is 802 g/mol. The molecule has 0 spiro atoms. The zero-order valence-corrected chi connectivity index (χ0v) is 34.4. The quantitative estimate of drug-likeness (QED) is 0.151. The van der Waals surface area contributed by atoms with Gasteiger partial charge in [-0.25, -0.2) is 15.0 Å². The van der Waals surface area contributed by atoms with Crippen LogP contribution >= 0.6 is 0 Å². The summed E-state index contributed by atoms with van der Waals surface area (Å²) in [5, 5.41) is 3.44. The molecule has 0 amide bonds. The van der Waals surface area contributed by atoms with Gasteiger partial charge in [-0.2, -0.15) is 0 Å². The fourth-order valence-corrected chi connectivity index (χ4v) is 9.83. The Kier molecular flexibility index (Phi) is 8.72. The zero-order chi connectivity index (χ0) is 41.7. The van der Waals surface area contributed by atoms with Crippen molar-refractivity contribution in [2.24, 2.45) is 0 Å². The van der Waals surface area contributed by atoms with Crippen LogP contribution in [0.25, 0.3) is 89.1 Å². The second-order valence-corrected chi connectivity index (χ2v) is 16.3. The lowest BCUT2D eigenvalue weighted by Crippen LogP contribution is -2.28. The highest BCUT2D eigenvalue weighted by atomic mass is 14.9. The molecule has 12 rings (SSSR count). The summed E-state index contributed by atoms with van der Waals surface area (Å²) >= 11 is 0. The van der Waals surface area contributed by atoms with E-state index < -0.39 is 5.41 Å². The number of para-hydroxylation sites is 1. The molecule has 1 aliphatic rings. The van der Waals surface area contributed by atoms with Crippen molar-refractivity contribution < 1.29 is 0 Å². The molecule has 294 valence electrons. The molecule has 3 heteroatoms. The van der Waals surface area contributed by atoms with E-state index >= 15 is 0 Å². The number of benzene rings is 9. The fraction of sp³-hybridized carbons (Fsp3) is 0.0167. The Morgan fingerprint density at radius 3 is 1.44 bits per heavy atom. The number of hydrogen-bond donors (Lipinski definition) is 0. The maximum atomic E-state index is 5.45. The Bertz CT molecular complexity index is 3420. The van der Waals surface area contributed by atoms with Crippen molar-refractivity contribution in [3.8, 4) is 67.4 Å². The van der Waals surface area contributed by atoms with E-state index in [0.717, 1.165) is 55.6 Å². The summed E-state index contributed by atoms with van der Waals surface area (Å²) < 4.78 is 0. The van der Waals surface area contributed by atoms with E-state index in [4.69, 9.17) is 15.0 Å². The summed E-state index contributed by atoms with van der Waals surface area (Å²) in [5.41, 5.74) is 17.1. The minimum Gasteiger partial charge on any atom is -0.247 e. The highest BCUT2D eigenvalue weighted by Gasteiger charge is 2.46. The van der Waals surface area contributed by atoms with Gasteiger partial charge in [0, 0.05) is 33.0 Å². The Hall–Kier alpha value is -8.27. The first-order valence-electron chi connectivity index (χ1n) is 21.5. The Morgan fingerprint density at radius 2 is 0.778 bits per heavy atom. The lowest BCUT2D eigenvalue weighted by atomic mass is 9.67. The van der Waals surface area contributed by atoms with Gasteiger partial charge in [0.2, 0.25) is 0 Å². The van der Waals surface area contributed by atoms with Crippen LogP contribution in [-0.4, -0.2) is 15.0 Å². The molecule has 0 bridgehead atoms. The molecular weight excluding hydrogens is 763 g/mol. The minimum absolute atomic E-state index is 0.518. The van der Waals surface area contributed by atoms with Crippen LogP contribution in [0.2, 0.25) is 0 Å². The van der Waals surface area contributed by atoms with E-state index in [2.05, 4.69) is 224 Å². The molecule has 0 N–H and O–H groups in total. The lowest BCUT2D eigenvalue weighted by molar-refractivity contribution is 0.769. The van der Waals surface area contributed by atoms with E-state index in [1.165, 1.54) is 49.9 Å². The fourth-order valence-electron chi connectivity index (χ4n) is 9.83. The van der Waals surface area contributed by atoms with Crippen LogP contribution in [-0.2, 0) is 5.41 Å². The van der Waals surface area contributed by atoms with Crippen LogP contribution in [0, 0.1) is 0 Å². The van der Waals surface area contributed by atoms with Gasteiger partial charge in [-0.05, 0) is 74.2 Å². The number of hydrogen-bond acceptors (Lipinski definition) is 3. The third-order valence-corrected chi connectivity index (χ3v) is 12.8. The van der Waals surface area contributed by atoms with Crippen LogP contribution in [0.3, 0.4) is 0 Å². The molecule has 9 aromatic carbocycles. The first kappa shape index (κ1) is 36.6.